The molecule has 0 radical (unpaired) electrons. The minimum Gasteiger partial charge on any atom is -0.469 e. The van der Waals surface area contributed by atoms with Crippen LogP contribution in [0.3, 0.4) is 0 Å². The van der Waals surface area contributed by atoms with E-state index in [4.69, 9.17) is 4.74 Å². The molecule has 0 amide bonds. The van der Waals surface area contributed by atoms with Crippen LogP contribution in [-0.2, 0) is 32.5 Å². The molecule has 0 saturated carbocycles. The highest BCUT2D eigenvalue weighted by molar-refractivity contribution is 7.89. The molecule has 3 aromatic rings. The fraction of sp³-hybridized carbons (Fsp3) is 0.348. The predicted molar refractivity (Wildman–Crippen MR) is 118 cm³/mol. The summed E-state index contributed by atoms with van der Waals surface area (Å²) in [5.74, 6) is -0.812. The van der Waals surface area contributed by atoms with Crippen LogP contribution in [0.15, 0.2) is 59.6 Å². The van der Waals surface area contributed by atoms with Crippen molar-refractivity contribution in [2.75, 3.05) is 14.2 Å². The van der Waals surface area contributed by atoms with Crippen molar-refractivity contribution in [3.05, 3.63) is 66.1 Å². The molecule has 8 heteroatoms. The fourth-order valence-electron chi connectivity index (χ4n) is 3.76. The smallest absolute Gasteiger partial charge is 0.310 e. The molecule has 0 aliphatic rings. The van der Waals surface area contributed by atoms with Gasteiger partial charge in [-0.05, 0) is 42.3 Å². The van der Waals surface area contributed by atoms with E-state index in [-0.39, 0.29) is 23.3 Å². The molecule has 1 unspecified atom stereocenters. The Balaban J connectivity index is 1.95. The summed E-state index contributed by atoms with van der Waals surface area (Å²) in [6.45, 7) is 2.42. The molecule has 0 spiro atoms. The molecule has 3 rings (SSSR count). The molecular weight excluding hydrogens is 419 g/mol. The van der Waals surface area contributed by atoms with Crippen molar-refractivity contribution < 1.29 is 22.3 Å². The van der Waals surface area contributed by atoms with Gasteiger partial charge in [-0.25, -0.2) is 12.8 Å². The second-order valence-corrected chi connectivity index (χ2v) is 9.49. The largest absolute Gasteiger partial charge is 0.469 e. The molecule has 0 fully saturated rings. The summed E-state index contributed by atoms with van der Waals surface area (Å²) in [4.78, 5) is 11.9. The van der Waals surface area contributed by atoms with Gasteiger partial charge in [0.05, 0.1) is 18.4 Å². The van der Waals surface area contributed by atoms with Crippen LogP contribution < -0.4 is 0 Å². The number of ether oxygens (including phenoxy) is 1. The first-order chi connectivity index (χ1) is 14.8. The zero-order valence-corrected chi connectivity index (χ0v) is 18.7. The summed E-state index contributed by atoms with van der Waals surface area (Å²) < 4.78 is 47.7. The van der Waals surface area contributed by atoms with Gasteiger partial charge in [0.1, 0.15) is 5.82 Å². The Morgan fingerprint density at radius 2 is 1.84 bits per heavy atom. The Labute approximate surface area is 182 Å². The quantitative estimate of drug-likeness (QED) is 0.466. The van der Waals surface area contributed by atoms with E-state index in [1.54, 1.807) is 7.05 Å². The van der Waals surface area contributed by atoms with Crippen molar-refractivity contribution in [3.63, 3.8) is 0 Å². The molecule has 6 nitrogen and oxygen atoms in total. The lowest BCUT2D eigenvalue weighted by molar-refractivity contribution is -0.139. The Hall–Kier alpha value is -2.71. The van der Waals surface area contributed by atoms with Gasteiger partial charge in [-0.2, -0.15) is 4.31 Å². The van der Waals surface area contributed by atoms with Crippen LogP contribution in [0.5, 0.6) is 0 Å². The van der Waals surface area contributed by atoms with Gasteiger partial charge in [-0.1, -0.05) is 31.5 Å². The van der Waals surface area contributed by atoms with Gasteiger partial charge in [0.15, 0.2) is 0 Å². The minimum atomic E-state index is -3.79. The lowest BCUT2D eigenvalue weighted by atomic mass is 10.1. The first-order valence-electron chi connectivity index (χ1n) is 10.1. The van der Waals surface area contributed by atoms with E-state index < -0.39 is 15.8 Å². The topological polar surface area (TPSA) is 68.6 Å². The summed E-state index contributed by atoms with van der Waals surface area (Å²) in [6, 6.07) is 12.2. The third-order valence-corrected chi connectivity index (χ3v) is 7.39. The summed E-state index contributed by atoms with van der Waals surface area (Å²) in [7, 11) is -0.877. The summed E-state index contributed by atoms with van der Waals surface area (Å²) >= 11 is 0. The number of benzene rings is 2. The first kappa shape index (κ1) is 23.0. The lowest BCUT2D eigenvalue weighted by Crippen LogP contribution is -2.39. The number of methoxy groups -OCH3 is 1. The number of fused-ring (bicyclic) bond motifs is 1. The predicted octanol–water partition coefficient (Wildman–Crippen LogP) is 3.99. The van der Waals surface area contributed by atoms with Crippen molar-refractivity contribution in [3.8, 4) is 0 Å². The minimum absolute atomic E-state index is 0.0567. The number of rotatable bonds is 9. The third-order valence-electron chi connectivity index (χ3n) is 5.47. The molecular formula is C23H27FN2O4S. The van der Waals surface area contributed by atoms with Crippen LogP contribution in [0.2, 0.25) is 0 Å². The molecule has 0 aliphatic carbocycles. The Morgan fingerprint density at radius 3 is 2.48 bits per heavy atom. The summed E-state index contributed by atoms with van der Waals surface area (Å²) in [5.41, 5.74) is 1.76. The van der Waals surface area contributed by atoms with E-state index in [0.29, 0.717) is 13.0 Å². The van der Waals surface area contributed by atoms with E-state index in [9.17, 15) is 17.6 Å². The number of nitrogens with zero attached hydrogens (tertiary/aromatic N) is 2. The van der Waals surface area contributed by atoms with Gasteiger partial charge >= 0.3 is 5.97 Å². The van der Waals surface area contributed by atoms with Crippen LogP contribution in [0, 0.1) is 5.82 Å². The molecule has 31 heavy (non-hydrogen) atoms. The van der Waals surface area contributed by atoms with Crippen molar-refractivity contribution in [1.29, 1.82) is 0 Å². The molecule has 2 aromatic carbocycles. The zero-order chi connectivity index (χ0) is 22.6. The van der Waals surface area contributed by atoms with Gasteiger partial charge in [0.25, 0.3) is 0 Å². The van der Waals surface area contributed by atoms with E-state index in [0.717, 1.165) is 35.0 Å². The second kappa shape index (κ2) is 9.62. The second-order valence-electron chi connectivity index (χ2n) is 7.49. The molecule has 1 atom stereocenters. The number of hydrogen-bond acceptors (Lipinski definition) is 4. The number of halogens is 1. The van der Waals surface area contributed by atoms with Gasteiger partial charge in [0.2, 0.25) is 10.0 Å². The number of carbonyl (C=O) groups is 1. The van der Waals surface area contributed by atoms with Crippen LogP contribution in [0.4, 0.5) is 4.39 Å². The maximum absolute atomic E-state index is 13.3. The van der Waals surface area contributed by atoms with Crippen molar-refractivity contribution >= 4 is 26.9 Å². The van der Waals surface area contributed by atoms with Gasteiger partial charge in [-0.15, -0.1) is 0 Å². The van der Waals surface area contributed by atoms with E-state index in [1.165, 1.54) is 23.5 Å². The Morgan fingerprint density at radius 1 is 1.16 bits per heavy atom. The number of esters is 1. The maximum atomic E-state index is 13.3. The van der Waals surface area contributed by atoms with Crippen LogP contribution in [0.1, 0.15) is 25.3 Å². The molecule has 1 aromatic heterocycles. The number of hydrogen-bond donors (Lipinski definition) is 0. The lowest BCUT2D eigenvalue weighted by Gasteiger charge is -2.28. The van der Waals surface area contributed by atoms with Crippen LogP contribution in [0.25, 0.3) is 10.9 Å². The summed E-state index contributed by atoms with van der Waals surface area (Å²) in [6.07, 6.45) is 3.48. The normalized spacial score (nSPS) is 12.9. The van der Waals surface area contributed by atoms with Crippen molar-refractivity contribution in [1.82, 2.24) is 8.87 Å². The molecule has 0 N–H and O–H groups in total. The zero-order valence-electron chi connectivity index (χ0n) is 17.9. The van der Waals surface area contributed by atoms with Crippen LogP contribution >= 0.6 is 0 Å². The van der Waals surface area contributed by atoms with E-state index in [2.05, 4.69) is 0 Å². The standard InChI is InChI=1S/C23H27FN2O4S/c1-4-7-19(25(2)31(28,29)20-12-10-18(24)11-13-20)16-26-15-17(14-23(27)30-3)21-8-5-6-9-22(21)26/h5-6,8-13,15,19H,4,7,14,16H2,1-3H3. The number of aromatic nitrogens is 1. The highest BCUT2D eigenvalue weighted by atomic mass is 32.2. The van der Waals surface area contributed by atoms with Gasteiger partial charge in [0, 0.05) is 36.7 Å². The highest BCUT2D eigenvalue weighted by Crippen LogP contribution is 2.25. The van der Waals surface area contributed by atoms with E-state index in [1.807, 2.05) is 42.0 Å². The van der Waals surface area contributed by atoms with Crippen LogP contribution in [-0.4, -0.2) is 43.5 Å². The molecule has 166 valence electrons. The average Bonchev–Trinajstić information content (AvgIpc) is 3.10. The molecule has 1 heterocycles. The van der Waals surface area contributed by atoms with Crippen molar-refractivity contribution in [2.24, 2.45) is 0 Å². The van der Waals surface area contributed by atoms with Gasteiger partial charge < -0.3 is 9.30 Å². The summed E-state index contributed by atoms with van der Waals surface area (Å²) in [5, 5.41) is 0.937. The number of likely N-dealkylation sites (N-methyl/N-ethyl adjacent to an activating group) is 1. The number of sulfonamides is 1. The SMILES string of the molecule is CCCC(Cn1cc(CC(=O)OC)c2ccccc21)N(C)S(=O)(=O)c1ccc(F)cc1. The van der Waals surface area contributed by atoms with Gasteiger partial charge in [-0.3, -0.25) is 4.79 Å². The number of para-hydroxylation sites is 1. The Bertz CT molecular complexity index is 1160. The number of carbonyl (C=O) groups excluding carboxylic acids is 1. The monoisotopic (exact) mass is 446 g/mol. The van der Waals surface area contributed by atoms with E-state index >= 15 is 0 Å². The average molecular weight is 447 g/mol. The molecule has 0 saturated heterocycles. The highest BCUT2D eigenvalue weighted by Gasteiger charge is 2.28. The first-order valence-corrected chi connectivity index (χ1v) is 11.6. The Kier molecular flexibility index (Phi) is 7.12. The maximum Gasteiger partial charge on any atom is 0.310 e. The van der Waals surface area contributed by atoms with Crippen molar-refractivity contribution in [2.45, 2.75) is 43.7 Å². The molecule has 0 aliphatic heterocycles. The third kappa shape index (κ3) is 4.97. The molecule has 0 bridgehead atoms. The fourth-order valence-corrected chi connectivity index (χ4v) is 5.14.